The molecule has 7 nitrogen and oxygen atoms in total. The summed E-state index contributed by atoms with van der Waals surface area (Å²) >= 11 is 0. The molecular weight excluding hydrogens is 322 g/mol. The van der Waals surface area contributed by atoms with Gasteiger partial charge in [-0.2, -0.15) is 0 Å². The number of hydrogen-bond acceptors (Lipinski definition) is 4. The first kappa shape index (κ1) is 19.1. The minimum Gasteiger partial charge on any atom is -0.494 e. The third-order valence-corrected chi connectivity index (χ3v) is 4.19. The number of amides is 3. The Morgan fingerprint density at radius 2 is 2.08 bits per heavy atom. The second-order valence-electron chi connectivity index (χ2n) is 6.14. The SMILES string of the molecule is CCOc1ccc([C@H](COC)NC(=O)N[C@@H]2CCC(=O)N(C)C2)cc1. The van der Waals surface area contributed by atoms with E-state index >= 15 is 0 Å². The number of hydrogen-bond donors (Lipinski definition) is 2. The highest BCUT2D eigenvalue weighted by molar-refractivity contribution is 5.78. The lowest BCUT2D eigenvalue weighted by molar-refractivity contribution is -0.132. The Kier molecular flexibility index (Phi) is 7.06. The average Bonchev–Trinajstić information content (AvgIpc) is 2.59. The van der Waals surface area contributed by atoms with Gasteiger partial charge in [-0.05, 0) is 31.0 Å². The first-order valence-electron chi connectivity index (χ1n) is 8.56. The van der Waals surface area contributed by atoms with Gasteiger partial charge < -0.3 is 25.0 Å². The molecule has 7 heteroatoms. The van der Waals surface area contributed by atoms with Crippen molar-refractivity contribution in [3.8, 4) is 5.75 Å². The molecule has 1 fully saturated rings. The zero-order chi connectivity index (χ0) is 18.2. The zero-order valence-corrected chi connectivity index (χ0v) is 15.1. The number of carbonyl (C=O) groups excluding carboxylic acids is 2. The molecule has 1 saturated heterocycles. The van der Waals surface area contributed by atoms with Crippen LogP contribution in [0.15, 0.2) is 24.3 Å². The van der Waals surface area contributed by atoms with Crippen molar-refractivity contribution < 1.29 is 19.1 Å². The number of urea groups is 1. The van der Waals surface area contributed by atoms with Crippen molar-refractivity contribution in [3.63, 3.8) is 0 Å². The zero-order valence-electron chi connectivity index (χ0n) is 15.1. The summed E-state index contributed by atoms with van der Waals surface area (Å²) in [6, 6.07) is 7.04. The number of carbonyl (C=O) groups is 2. The number of nitrogens with one attached hydrogen (secondary N) is 2. The molecule has 1 aliphatic heterocycles. The summed E-state index contributed by atoms with van der Waals surface area (Å²) in [4.78, 5) is 25.5. The molecule has 0 saturated carbocycles. The van der Waals surface area contributed by atoms with Gasteiger partial charge in [0, 0.05) is 33.2 Å². The van der Waals surface area contributed by atoms with Crippen LogP contribution >= 0.6 is 0 Å². The van der Waals surface area contributed by atoms with E-state index in [2.05, 4.69) is 10.6 Å². The number of ether oxygens (including phenoxy) is 2. The molecule has 1 aromatic carbocycles. The maximum absolute atomic E-state index is 12.3. The largest absolute Gasteiger partial charge is 0.494 e. The van der Waals surface area contributed by atoms with Crippen LogP contribution in [0.5, 0.6) is 5.75 Å². The van der Waals surface area contributed by atoms with Gasteiger partial charge in [0.05, 0.1) is 19.3 Å². The van der Waals surface area contributed by atoms with E-state index in [9.17, 15) is 9.59 Å². The molecule has 0 radical (unpaired) electrons. The van der Waals surface area contributed by atoms with E-state index in [4.69, 9.17) is 9.47 Å². The van der Waals surface area contributed by atoms with Gasteiger partial charge in [0.15, 0.2) is 0 Å². The molecule has 1 heterocycles. The molecule has 0 bridgehead atoms. The average molecular weight is 349 g/mol. The maximum Gasteiger partial charge on any atom is 0.315 e. The number of rotatable bonds is 7. The number of likely N-dealkylation sites (N-methyl/N-ethyl adjacent to an activating group) is 1. The number of benzene rings is 1. The van der Waals surface area contributed by atoms with Gasteiger partial charge in [-0.15, -0.1) is 0 Å². The molecule has 2 N–H and O–H groups in total. The van der Waals surface area contributed by atoms with Crippen LogP contribution in [0.2, 0.25) is 0 Å². The van der Waals surface area contributed by atoms with Crippen molar-refractivity contribution in [2.24, 2.45) is 0 Å². The van der Waals surface area contributed by atoms with Gasteiger partial charge in [0.2, 0.25) is 5.91 Å². The Hall–Kier alpha value is -2.28. The van der Waals surface area contributed by atoms with Crippen molar-refractivity contribution in [3.05, 3.63) is 29.8 Å². The Labute approximate surface area is 148 Å². The lowest BCUT2D eigenvalue weighted by Gasteiger charge is -2.30. The predicted octanol–water partition coefficient (Wildman–Crippen LogP) is 1.69. The molecule has 1 aliphatic rings. The summed E-state index contributed by atoms with van der Waals surface area (Å²) in [6.07, 6.45) is 1.12. The second-order valence-corrected chi connectivity index (χ2v) is 6.14. The molecule has 3 amide bonds. The number of piperidine rings is 1. The van der Waals surface area contributed by atoms with Crippen LogP contribution in [-0.4, -0.2) is 56.8 Å². The minimum atomic E-state index is -0.261. The first-order chi connectivity index (χ1) is 12.0. The van der Waals surface area contributed by atoms with Crippen molar-refractivity contribution in [1.82, 2.24) is 15.5 Å². The third kappa shape index (κ3) is 5.63. The van der Waals surface area contributed by atoms with Crippen molar-refractivity contribution >= 4 is 11.9 Å². The molecule has 0 unspecified atom stereocenters. The Bertz CT molecular complexity index is 576. The van der Waals surface area contributed by atoms with Crippen LogP contribution in [0.1, 0.15) is 31.4 Å². The van der Waals surface area contributed by atoms with Crippen LogP contribution in [-0.2, 0) is 9.53 Å². The van der Waals surface area contributed by atoms with E-state index in [1.54, 1.807) is 19.1 Å². The van der Waals surface area contributed by atoms with Crippen molar-refractivity contribution in [1.29, 1.82) is 0 Å². The molecule has 2 rings (SSSR count). The topological polar surface area (TPSA) is 79.9 Å². The van der Waals surface area contributed by atoms with Gasteiger partial charge in [0.25, 0.3) is 0 Å². The fraction of sp³-hybridized carbons (Fsp3) is 0.556. The van der Waals surface area contributed by atoms with Gasteiger partial charge >= 0.3 is 6.03 Å². The van der Waals surface area contributed by atoms with Crippen LogP contribution in [0.4, 0.5) is 4.79 Å². The number of methoxy groups -OCH3 is 1. The van der Waals surface area contributed by atoms with Gasteiger partial charge in [-0.3, -0.25) is 4.79 Å². The predicted molar refractivity (Wildman–Crippen MR) is 94.6 cm³/mol. The fourth-order valence-corrected chi connectivity index (χ4v) is 2.87. The van der Waals surface area contributed by atoms with E-state index in [1.165, 1.54) is 0 Å². The maximum atomic E-state index is 12.3. The van der Waals surface area contributed by atoms with E-state index < -0.39 is 0 Å². The fourth-order valence-electron chi connectivity index (χ4n) is 2.87. The smallest absolute Gasteiger partial charge is 0.315 e. The van der Waals surface area contributed by atoms with Crippen molar-refractivity contribution in [2.45, 2.75) is 31.8 Å². The van der Waals surface area contributed by atoms with Gasteiger partial charge in [-0.1, -0.05) is 12.1 Å². The molecule has 138 valence electrons. The van der Waals surface area contributed by atoms with Crippen LogP contribution in [0.25, 0.3) is 0 Å². The normalized spacial score (nSPS) is 18.6. The summed E-state index contributed by atoms with van der Waals surface area (Å²) in [5.41, 5.74) is 0.941. The summed E-state index contributed by atoms with van der Waals surface area (Å²) < 4.78 is 10.7. The molecule has 2 atom stereocenters. The molecule has 0 aromatic heterocycles. The first-order valence-corrected chi connectivity index (χ1v) is 8.56. The van der Waals surface area contributed by atoms with E-state index in [1.807, 2.05) is 31.2 Å². The summed E-state index contributed by atoms with van der Waals surface area (Å²) in [5.74, 6) is 0.909. The highest BCUT2D eigenvalue weighted by Gasteiger charge is 2.25. The molecular formula is C18H27N3O4. The highest BCUT2D eigenvalue weighted by Crippen LogP contribution is 2.18. The van der Waals surface area contributed by atoms with Gasteiger partial charge in [-0.25, -0.2) is 4.79 Å². The van der Waals surface area contributed by atoms with E-state index in [0.29, 0.717) is 32.6 Å². The number of nitrogens with zero attached hydrogens (tertiary/aromatic N) is 1. The Balaban J connectivity index is 1.93. The van der Waals surface area contributed by atoms with Crippen molar-refractivity contribution in [2.75, 3.05) is 33.9 Å². The summed E-state index contributed by atoms with van der Waals surface area (Å²) in [6.45, 7) is 3.44. The van der Waals surface area contributed by atoms with Crippen LogP contribution < -0.4 is 15.4 Å². The minimum absolute atomic E-state index is 0.0359. The standard InChI is InChI=1S/C18H27N3O4/c1-4-25-15-8-5-13(6-9-15)16(12-24-3)20-18(23)19-14-7-10-17(22)21(2)11-14/h5-6,8-9,14,16H,4,7,10-12H2,1-3H3,(H2,19,20,23)/t14-,16+/m1/s1. The molecule has 1 aromatic rings. The monoisotopic (exact) mass is 349 g/mol. The highest BCUT2D eigenvalue weighted by atomic mass is 16.5. The second kappa shape index (κ2) is 9.27. The number of likely N-dealkylation sites (tertiary alicyclic amines) is 1. The van der Waals surface area contributed by atoms with E-state index in [-0.39, 0.29) is 24.0 Å². The summed E-state index contributed by atoms with van der Waals surface area (Å²) in [7, 11) is 3.35. The quantitative estimate of drug-likeness (QED) is 0.785. The lowest BCUT2D eigenvalue weighted by Crippen LogP contribution is -2.51. The van der Waals surface area contributed by atoms with Crippen LogP contribution in [0.3, 0.4) is 0 Å². The Morgan fingerprint density at radius 3 is 2.68 bits per heavy atom. The molecule has 25 heavy (non-hydrogen) atoms. The lowest BCUT2D eigenvalue weighted by atomic mass is 10.1. The van der Waals surface area contributed by atoms with E-state index in [0.717, 1.165) is 11.3 Å². The third-order valence-electron chi connectivity index (χ3n) is 4.19. The summed E-state index contributed by atoms with van der Waals surface area (Å²) in [5, 5.41) is 5.88. The van der Waals surface area contributed by atoms with Crippen LogP contribution in [0, 0.1) is 0 Å². The molecule has 0 aliphatic carbocycles. The van der Waals surface area contributed by atoms with Gasteiger partial charge in [0.1, 0.15) is 5.75 Å². The molecule has 0 spiro atoms. The Morgan fingerprint density at radius 1 is 1.36 bits per heavy atom.